The van der Waals surface area contributed by atoms with Gasteiger partial charge in [-0.2, -0.15) is 4.31 Å². The van der Waals surface area contributed by atoms with Gasteiger partial charge in [-0.25, -0.2) is 8.42 Å². The van der Waals surface area contributed by atoms with Crippen LogP contribution in [0.5, 0.6) is 5.75 Å². The van der Waals surface area contributed by atoms with Crippen LogP contribution >= 0.6 is 0 Å². The molecule has 0 atom stereocenters. The molecule has 0 bridgehead atoms. The van der Waals surface area contributed by atoms with Crippen molar-refractivity contribution in [3.63, 3.8) is 0 Å². The van der Waals surface area contributed by atoms with E-state index in [0.29, 0.717) is 37.7 Å². The maximum Gasteiger partial charge on any atom is 0.279 e. The lowest BCUT2D eigenvalue weighted by Crippen LogP contribution is -3.11. The summed E-state index contributed by atoms with van der Waals surface area (Å²) in [6.07, 6.45) is 5.14. The first-order chi connectivity index (χ1) is 13.0. The number of piperidine rings is 1. The van der Waals surface area contributed by atoms with Gasteiger partial charge in [-0.1, -0.05) is 6.42 Å². The maximum absolute atomic E-state index is 12.9. The highest BCUT2D eigenvalue weighted by Crippen LogP contribution is 2.30. The lowest BCUT2D eigenvalue weighted by atomic mass is 10.2. The molecule has 0 saturated carbocycles. The molecule has 0 spiro atoms. The Morgan fingerprint density at radius 2 is 1.85 bits per heavy atom. The van der Waals surface area contributed by atoms with Gasteiger partial charge >= 0.3 is 0 Å². The second-order valence-corrected chi connectivity index (χ2v) is 9.18. The minimum Gasteiger partial charge on any atom is -0.492 e. The molecule has 0 radical (unpaired) electrons. The van der Waals surface area contributed by atoms with Crippen molar-refractivity contribution >= 4 is 21.6 Å². The fraction of sp³-hybridized carbons (Fsp3) is 0.632. The van der Waals surface area contributed by atoms with E-state index in [1.807, 2.05) is 6.92 Å². The Morgan fingerprint density at radius 1 is 1.15 bits per heavy atom. The van der Waals surface area contributed by atoms with E-state index in [9.17, 15) is 13.2 Å². The first kappa shape index (κ1) is 20.1. The number of nitrogens with one attached hydrogen (secondary N) is 2. The van der Waals surface area contributed by atoms with Crippen molar-refractivity contribution < 1.29 is 22.8 Å². The molecule has 3 rings (SSSR count). The Balaban J connectivity index is 1.80. The lowest BCUT2D eigenvalue weighted by molar-refractivity contribution is -0.878. The summed E-state index contributed by atoms with van der Waals surface area (Å²) in [6, 6.07) is 4.74. The summed E-state index contributed by atoms with van der Waals surface area (Å²) in [7, 11) is -3.55. The topological polar surface area (TPSA) is 80.2 Å². The summed E-state index contributed by atoms with van der Waals surface area (Å²) in [5, 5.41) is 2.87. The third-order valence-corrected chi connectivity index (χ3v) is 7.09. The number of anilines is 1. The van der Waals surface area contributed by atoms with Crippen LogP contribution in [0.2, 0.25) is 0 Å². The highest BCUT2D eigenvalue weighted by molar-refractivity contribution is 7.89. The molecular formula is C19H30N3O4S+. The van der Waals surface area contributed by atoms with Gasteiger partial charge in [0.15, 0.2) is 6.54 Å². The summed E-state index contributed by atoms with van der Waals surface area (Å²) in [6.45, 7) is 5.82. The maximum atomic E-state index is 12.9. The molecule has 2 fully saturated rings. The predicted molar refractivity (Wildman–Crippen MR) is 104 cm³/mol. The second kappa shape index (κ2) is 9.03. The van der Waals surface area contributed by atoms with Gasteiger partial charge in [0.05, 0.1) is 30.3 Å². The number of likely N-dealkylation sites (tertiary alicyclic amines) is 1. The average Bonchev–Trinajstić information content (AvgIpc) is 3.17. The van der Waals surface area contributed by atoms with Crippen molar-refractivity contribution in [2.45, 2.75) is 43.9 Å². The number of rotatable bonds is 7. The summed E-state index contributed by atoms with van der Waals surface area (Å²) < 4.78 is 33.0. The summed E-state index contributed by atoms with van der Waals surface area (Å²) in [5.41, 5.74) is 0.429. The van der Waals surface area contributed by atoms with Crippen LogP contribution in [0.25, 0.3) is 0 Å². The third-order valence-electron chi connectivity index (χ3n) is 5.20. The van der Waals surface area contributed by atoms with Crippen LogP contribution in [-0.2, 0) is 14.8 Å². The van der Waals surface area contributed by atoms with Crippen molar-refractivity contribution in [2.75, 3.05) is 44.6 Å². The molecule has 2 aliphatic rings. The predicted octanol–water partition coefficient (Wildman–Crippen LogP) is 0.877. The fourth-order valence-corrected chi connectivity index (χ4v) is 5.32. The molecular weight excluding hydrogens is 366 g/mol. The third kappa shape index (κ3) is 5.00. The Bertz CT molecular complexity index is 754. The normalized spacial score (nSPS) is 19.1. The monoisotopic (exact) mass is 396 g/mol. The van der Waals surface area contributed by atoms with Gasteiger partial charge in [0.2, 0.25) is 10.0 Å². The highest BCUT2D eigenvalue weighted by atomic mass is 32.2. The number of carbonyl (C=O) groups excluding carboxylic acids is 1. The van der Waals surface area contributed by atoms with Crippen LogP contribution in [0.15, 0.2) is 23.1 Å². The first-order valence-corrected chi connectivity index (χ1v) is 11.3. The van der Waals surface area contributed by atoms with E-state index in [0.717, 1.165) is 45.2 Å². The zero-order chi connectivity index (χ0) is 19.3. The summed E-state index contributed by atoms with van der Waals surface area (Å²) in [5.74, 6) is 0.389. The molecule has 150 valence electrons. The van der Waals surface area contributed by atoms with Crippen molar-refractivity contribution in [1.82, 2.24) is 4.31 Å². The molecule has 8 heteroatoms. The number of carbonyl (C=O) groups is 1. The van der Waals surface area contributed by atoms with Gasteiger partial charge in [0.25, 0.3) is 5.91 Å². The molecule has 27 heavy (non-hydrogen) atoms. The van der Waals surface area contributed by atoms with Crippen LogP contribution in [0, 0.1) is 0 Å². The van der Waals surface area contributed by atoms with Crippen LogP contribution in [-0.4, -0.2) is 58.0 Å². The minimum absolute atomic E-state index is 0.111. The average molecular weight is 397 g/mol. The Kier molecular flexibility index (Phi) is 6.73. The van der Waals surface area contributed by atoms with E-state index < -0.39 is 10.0 Å². The van der Waals surface area contributed by atoms with E-state index in [4.69, 9.17) is 4.74 Å². The largest absolute Gasteiger partial charge is 0.492 e. The van der Waals surface area contributed by atoms with Gasteiger partial charge in [-0.3, -0.25) is 4.79 Å². The van der Waals surface area contributed by atoms with Crippen LogP contribution in [0.1, 0.15) is 39.0 Å². The van der Waals surface area contributed by atoms with E-state index in [1.54, 1.807) is 12.1 Å². The van der Waals surface area contributed by atoms with Gasteiger partial charge in [0, 0.05) is 25.9 Å². The Morgan fingerprint density at radius 3 is 2.52 bits per heavy atom. The van der Waals surface area contributed by atoms with Crippen molar-refractivity contribution in [3.05, 3.63) is 18.2 Å². The van der Waals surface area contributed by atoms with Crippen LogP contribution in [0.4, 0.5) is 5.69 Å². The Labute approximate surface area is 161 Å². The highest BCUT2D eigenvalue weighted by Gasteiger charge is 2.27. The molecule has 0 unspecified atom stereocenters. The quantitative estimate of drug-likeness (QED) is 0.717. The smallest absolute Gasteiger partial charge is 0.279 e. The number of nitrogens with zero attached hydrogens (tertiary/aromatic N) is 1. The number of hydrogen-bond acceptors (Lipinski definition) is 4. The number of ether oxygens (including phenoxy) is 1. The minimum atomic E-state index is -3.55. The zero-order valence-corrected chi connectivity index (χ0v) is 16.8. The second-order valence-electron chi connectivity index (χ2n) is 7.24. The van der Waals surface area contributed by atoms with Gasteiger partial charge < -0.3 is 15.0 Å². The molecule has 1 amide bonds. The molecule has 2 N–H and O–H groups in total. The molecule has 1 aromatic rings. The molecule has 2 saturated heterocycles. The molecule has 7 nitrogen and oxygen atoms in total. The standard InChI is InChI=1S/C19H29N3O4S/c1-2-26-18-9-8-16(27(24,25)22-12-4-3-5-13-22)14-17(18)20-19(23)15-21-10-6-7-11-21/h8-9,14H,2-7,10-13,15H2,1H3,(H,20,23)/p+1. The number of sulfonamides is 1. The first-order valence-electron chi connectivity index (χ1n) is 9.91. The van der Waals surface area contributed by atoms with E-state index in [2.05, 4.69) is 5.32 Å². The van der Waals surface area contributed by atoms with Gasteiger partial charge in [-0.15, -0.1) is 0 Å². The number of hydrogen-bond donors (Lipinski definition) is 2. The van der Waals surface area contributed by atoms with E-state index in [-0.39, 0.29) is 10.8 Å². The number of benzene rings is 1. The van der Waals surface area contributed by atoms with Crippen LogP contribution < -0.4 is 15.0 Å². The Hall–Kier alpha value is -1.64. The molecule has 0 aliphatic carbocycles. The SMILES string of the molecule is CCOc1ccc(S(=O)(=O)N2CCCCC2)cc1NC(=O)C[NH+]1CCCC1. The molecule has 1 aromatic carbocycles. The van der Waals surface area contributed by atoms with Crippen molar-refractivity contribution in [3.8, 4) is 5.75 Å². The van der Waals surface area contributed by atoms with Gasteiger partial charge in [-0.05, 0) is 38.0 Å². The number of quaternary nitrogens is 1. The molecule has 2 aliphatic heterocycles. The van der Waals surface area contributed by atoms with Crippen molar-refractivity contribution in [2.24, 2.45) is 0 Å². The van der Waals surface area contributed by atoms with Gasteiger partial charge in [0.1, 0.15) is 5.75 Å². The van der Waals surface area contributed by atoms with E-state index in [1.165, 1.54) is 15.3 Å². The zero-order valence-electron chi connectivity index (χ0n) is 16.0. The molecule has 0 aromatic heterocycles. The lowest BCUT2D eigenvalue weighted by Gasteiger charge is -2.26. The van der Waals surface area contributed by atoms with E-state index >= 15 is 0 Å². The van der Waals surface area contributed by atoms with Crippen LogP contribution in [0.3, 0.4) is 0 Å². The summed E-state index contributed by atoms with van der Waals surface area (Å²) in [4.78, 5) is 13.9. The summed E-state index contributed by atoms with van der Waals surface area (Å²) >= 11 is 0. The molecule has 2 heterocycles. The van der Waals surface area contributed by atoms with Crippen molar-refractivity contribution in [1.29, 1.82) is 0 Å². The number of amides is 1. The fourth-order valence-electron chi connectivity index (χ4n) is 3.78.